The number of rotatable bonds is 13. The quantitative estimate of drug-likeness (QED) is 0.158. The summed E-state index contributed by atoms with van der Waals surface area (Å²) in [5.41, 5.74) is 16.7. The normalized spacial score (nSPS) is 11.6. The van der Waals surface area contributed by atoms with E-state index in [1.54, 1.807) is 36.4 Å². The van der Waals surface area contributed by atoms with Crippen LogP contribution in [0.1, 0.15) is 47.8 Å². The number of nitrogens with one attached hydrogen (secondary N) is 2. The molecule has 1 atom stereocenters. The highest BCUT2D eigenvalue weighted by molar-refractivity contribution is 6.08. The second-order valence-electron chi connectivity index (χ2n) is 9.71. The van der Waals surface area contributed by atoms with Crippen LogP contribution in [-0.4, -0.2) is 41.2 Å². The third kappa shape index (κ3) is 6.90. The summed E-state index contributed by atoms with van der Waals surface area (Å²) in [4.78, 5) is 29.7. The predicted octanol–water partition coefficient (Wildman–Crippen LogP) is 4.33. The molecular formula is C32H37N5O5. The molecule has 4 rings (SSSR count). The van der Waals surface area contributed by atoms with Gasteiger partial charge in [-0.05, 0) is 67.6 Å². The Labute approximate surface area is 245 Å². The molecule has 7 N–H and O–H groups in total. The Balaban J connectivity index is 1.63. The van der Waals surface area contributed by atoms with Crippen molar-refractivity contribution in [1.82, 2.24) is 10.3 Å². The molecule has 0 aliphatic carbocycles. The molecule has 0 saturated heterocycles. The van der Waals surface area contributed by atoms with Crippen molar-refractivity contribution in [1.29, 1.82) is 0 Å². The standard InChI is InChI=1S/C32H37N5O5/c1-4-22-20(17-36-32(40)25(33)14-19-10-12-21(38)13-11-19)8-7-9-26(22)37-30-23-15-28(41-5-2)29(42-6-3)16-27(23)35-18-24(30)31(34)39/h7-13,15-16,18,25,38H,4-6,14,17,33H2,1-3H3,(H2,34,39)(H,35,37)(H,36,40)/t25-/m0/s1. The zero-order valence-corrected chi connectivity index (χ0v) is 24.1. The van der Waals surface area contributed by atoms with Gasteiger partial charge in [-0.25, -0.2) is 0 Å². The molecule has 220 valence electrons. The molecule has 0 bridgehead atoms. The van der Waals surface area contributed by atoms with Crippen molar-refractivity contribution in [2.75, 3.05) is 18.5 Å². The van der Waals surface area contributed by atoms with Crippen molar-refractivity contribution in [3.05, 3.63) is 83.0 Å². The molecule has 0 radical (unpaired) electrons. The van der Waals surface area contributed by atoms with Crippen LogP contribution in [0.15, 0.2) is 60.8 Å². The first kappa shape index (κ1) is 30.1. The fourth-order valence-corrected chi connectivity index (χ4v) is 4.82. The van der Waals surface area contributed by atoms with E-state index in [4.69, 9.17) is 20.9 Å². The smallest absolute Gasteiger partial charge is 0.252 e. The molecule has 0 fully saturated rings. The molecular weight excluding hydrogens is 534 g/mol. The number of nitrogens with two attached hydrogens (primary N) is 2. The maximum Gasteiger partial charge on any atom is 0.252 e. The van der Waals surface area contributed by atoms with E-state index in [0.29, 0.717) is 54.1 Å². The molecule has 0 aliphatic rings. The lowest BCUT2D eigenvalue weighted by atomic mass is 10.0. The van der Waals surface area contributed by atoms with Gasteiger partial charge in [0.25, 0.3) is 5.91 Å². The van der Waals surface area contributed by atoms with Gasteiger partial charge in [0.15, 0.2) is 11.5 Å². The van der Waals surface area contributed by atoms with Crippen LogP contribution >= 0.6 is 0 Å². The van der Waals surface area contributed by atoms with Crippen LogP contribution in [0.5, 0.6) is 17.2 Å². The fraction of sp³-hybridized carbons (Fsp3) is 0.281. The average Bonchev–Trinajstić information content (AvgIpc) is 2.97. The second kappa shape index (κ2) is 13.7. The first-order valence-corrected chi connectivity index (χ1v) is 14.0. The molecule has 4 aromatic rings. The largest absolute Gasteiger partial charge is 0.508 e. The van der Waals surface area contributed by atoms with Crippen molar-refractivity contribution < 1.29 is 24.2 Å². The van der Waals surface area contributed by atoms with Gasteiger partial charge < -0.3 is 36.7 Å². The van der Waals surface area contributed by atoms with Gasteiger partial charge in [0, 0.05) is 29.9 Å². The summed E-state index contributed by atoms with van der Waals surface area (Å²) in [5, 5.41) is 16.5. The molecule has 42 heavy (non-hydrogen) atoms. The van der Waals surface area contributed by atoms with Crippen LogP contribution in [0.4, 0.5) is 11.4 Å². The van der Waals surface area contributed by atoms with Crippen molar-refractivity contribution >= 4 is 34.1 Å². The Bertz CT molecular complexity index is 1570. The summed E-state index contributed by atoms with van der Waals surface area (Å²) in [7, 11) is 0. The van der Waals surface area contributed by atoms with Crippen LogP contribution in [0.2, 0.25) is 0 Å². The number of pyridine rings is 1. The maximum absolute atomic E-state index is 12.8. The van der Waals surface area contributed by atoms with Gasteiger partial charge in [0.2, 0.25) is 5.91 Å². The number of carbonyl (C=O) groups is 2. The second-order valence-corrected chi connectivity index (χ2v) is 9.71. The molecule has 0 saturated carbocycles. The van der Waals surface area contributed by atoms with Gasteiger partial charge >= 0.3 is 0 Å². The summed E-state index contributed by atoms with van der Waals surface area (Å²) < 4.78 is 11.6. The molecule has 0 spiro atoms. The number of phenols is 1. The molecule has 0 unspecified atom stereocenters. The topological polar surface area (TPSA) is 162 Å². The van der Waals surface area contributed by atoms with Crippen LogP contribution < -0.4 is 31.6 Å². The summed E-state index contributed by atoms with van der Waals surface area (Å²) >= 11 is 0. The Morgan fingerprint density at radius 1 is 1.00 bits per heavy atom. The van der Waals surface area contributed by atoms with Gasteiger partial charge in [-0.3, -0.25) is 14.6 Å². The first-order valence-electron chi connectivity index (χ1n) is 14.0. The number of fused-ring (bicyclic) bond motifs is 1. The molecule has 3 aromatic carbocycles. The van der Waals surface area contributed by atoms with Crippen molar-refractivity contribution in [3.63, 3.8) is 0 Å². The third-order valence-electron chi connectivity index (χ3n) is 6.87. The summed E-state index contributed by atoms with van der Waals surface area (Å²) in [6.07, 6.45) is 2.45. The number of ether oxygens (including phenoxy) is 2. The van der Waals surface area contributed by atoms with Gasteiger partial charge in [0.1, 0.15) is 5.75 Å². The predicted molar refractivity (Wildman–Crippen MR) is 163 cm³/mol. The number of primary amides is 1. The fourth-order valence-electron chi connectivity index (χ4n) is 4.82. The average molecular weight is 572 g/mol. The van der Waals surface area contributed by atoms with Gasteiger partial charge in [-0.2, -0.15) is 0 Å². The summed E-state index contributed by atoms with van der Waals surface area (Å²) in [6.45, 7) is 6.96. The number of benzene rings is 3. The minimum atomic E-state index is -0.747. The number of anilines is 2. The highest BCUT2D eigenvalue weighted by Gasteiger charge is 2.19. The lowest BCUT2D eigenvalue weighted by Crippen LogP contribution is -2.41. The number of phenolic OH excluding ortho intramolecular Hbond substituents is 1. The lowest BCUT2D eigenvalue weighted by molar-refractivity contribution is -0.122. The van der Waals surface area contributed by atoms with Crippen molar-refractivity contribution in [2.45, 2.75) is 46.2 Å². The van der Waals surface area contributed by atoms with E-state index in [9.17, 15) is 14.7 Å². The van der Waals surface area contributed by atoms with Gasteiger partial charge in [-0.1, -0.05) is 31.2 Å². The lowest BCUT2D eigenvalue weighted by Gasteiger charge is -2.20. The van der Waals surface area contributed by atoms with Crippen molar-refractivity contribution in [3.8, 4) is 17.2 Å². The number of nitrogens with zero attached hydrogens (tertiary/aromatic N) is 1. The van der Waals surface area contributed by atoms with E-state index in [1.807, 2.05) is 39.0 Å². The van der Waals surface area contributed by atoms with E-state index in [-0.39, 0.29) is 23.8 Å². The first-order chi connectivity index (χ1) is 20.2. The molecule has 1 aromatic heterocycles. The highest BCUT2D eigenvalue weighted by atomic mass is 16.5. The van der Waals surface area contributed by atoms with Gasteiger partial charge in [0.05, 0.1) is 36.0 Å². The monoisotopic (exact) mass is 571 g/mol. The number of aromatic hydroxyl groups is 1. The zero-order valence-electron chi connectivity index (χ0n) is 24.1. The van der Waals surface area contributed by atoms with E-state index < -0.39 is 11.9 Å². The number of hydrogen-bond donors (Lipinski definition) is 5. The van der Waals surface area contributed by atoms with E-state index in [2.05, 4.69) is 15.6 Å². The molecule has 1 heterocycles. The molecule has 10 nitrogen and oxygen atoms in total. The maximum atomic E-state index is 12.8. The van der Waals surface area contributed by atoms with E-state index in [0.717, 1.165) is 22.4 Å². The number of aromatic nitrogens is 1. The van der Waals surface area contributed by atoms with Crippen LogP contribution in [0.25, 0.3) is 10.9 Å². The number of amides is 2. The zero-order chi connectivity index (χ0) is 30.2. The highest BCUT2D eigenvalue weighted by Crippen LogP contribution is 2.38. The molecule has 0 aliphatic heterocycles. The van der Waals surface area contributed by atoms with Crippen LogP contribution in [0, 0.1) is 0 Å². The van der Waals surface area contributed by atoms with E-state index >= 15 is 0 Å². The molecule has 2 amide bonds. The summed E-state index contributed by atoms with van der Waals surface area (Å²) in [5.74, 6) is 0.350. The number of carbonyl (C=O) groups excluding carboxylic acids is 2. The SMILES string of the molecule is CCOc1cc2ncc(C(N)=O)c(Nc3cccc(CNC(=O)[C@@H](N)Cc4ccc(O)cc4)c3CC)c2cc1OCC. The Morgan fingerprint density at radius 3 is 2.33 bits per heavy atom. The van der Waals surface area contributed by atoms with E-state index in [1.165, 1.54) is 6.20 Å². The third-order valence-corrected chi connectivity index (χ3v) is 6.87. The Hall–Kier alpha value is -4.83. The minimum absolute atomic E-state index is 0.157. The Kier molecular flexibility index (Phi) is 9.82. The minimum Gasteiger partial charge on any atom is -0.508 e. The Morgan fingerprint density at radius 2 is 1.69 bits per heavy atom. The number of hydrogen-bond acceptors (Lipinski definition) is 8. The summed E-state index contributed by atoms with van der Waals surface area (Å²) in [6, 6.07) is 15.2. The van der Waals surface area contributed by atoms with Crippen molar-refractivity contribution in [2.24, 2.45) is 11.5 Å². The van der Waals surface area contributed by atoms with Crippen LogP contribution in [-0.2, 0) is 24.2 Å². The van der Waals surface area contributed by atoms with Crippen LogP contribution in [0.3, 0.4) is 0 Å². The molecule has 10 heteroatoms. The van der Waals surface area contributed by atoms with Gasteiger partial charge in [-0.15, -0.1) is 0 Å².